The Balaban J connectivity index is 1.30. The molecule has 5 nitrogen and oxygen atoms in total. The summed E-state index contributed by atoms with van der Waals surface area (Å²) in [5.41, 5.74) is 5.12. The Kier molecular flexibility index (Phi) is 6.79. The van der Waals surface area contributed by atoms with Gasteiger partial charge in [0, 0.05) is 0 Å². The Hall–Kier alpha value is -5.13. The fourth-order valence-electron chi connectivity index (χ4n) is 3.23. The molecule has 0 aliphatic heterocycles. The van der Waals surface area contributed by atoms with Gasteiger partial charge in [0.1, 0.15) is 11.5 Å². The third-order valence-corrected chi connectivity index (χ3v) is 5.03. The number of hydrogen-bond acceptors (Lipinski definition) is 5. The molecule has 0 heterocycles. The summed E-state index contributed by atoms with van der Waals surface area (Å²) in [6, 6.07) is 33.3. The van der Waals surface area contributed by atoms with Gasteiger partial charge in [-0.3, -0.25) is 0 Å². The van der Waals surface area contributed by atoms with Gasteiger partial charge in [-0.1, -0.05) is 48.5 Å². The van der Waals surface area contributed by atoms with Gasteiger partial charge in [0.25, 0.3) is 0 Å². The van der Waals surface area contributed by atoms with Crippen molar-refractivity contribution < 1.29 is 14.3 Å². The van der Waals surface area contributed by atoms with Gasteiger partial charge in [-0.15, -0.1) is 0 Å². The van der Waals surface area contributed by atoms with Crippen LogP contribution in [0.3, 0.4) is 0 Å². The Labute approximate surface area is 197 Å². The Bertz CT molecular complexity index is 1390. The average molecular weight is 442 g/mol. The normalized spacial score (nSPS) is 10.3. The molecule has 0 N–H and O–H groups in total. The molecular weight excluding hydrogens is 424 g/mol. The molecule has 4 aromatic rings. The minimum atomic E-state index is -0.555. The van der Waals surface area contributed by atoms with Crippen molar-refractivity contribution in [3.05, 3.63) is 121 Å². The van der Waals surface area contributed by atoms with Crippen LogP contribution < -0.4 is 9.47 Å². The quantitative estimate of drug-likeness (QED) is 0.152. The molecule has 0 aliphatic rings. The van der Waals surface area contributed by atoms with Gasteiger partial charge in [-0.25, -0.2) is 4.79 Å². The highest BCUT2D eigenvalue weighted by molar-refractivity contribution is 5.84. The summed E-state index contributed by atoms with van der Waals surface area (Å²) in [4.78, 5) is 12.1. The summed E-state index contributed by atoms with van der Waals surface area (Å²) in [7, 11) is 0. The van der Waals surface area contributed by atoms with Gasteiger partial charge in [-0.2, -0.15) is 10.5 Å². The Morgan fingerprint density at radius 2 is 0.971 bits per heavy atom. The first-order chi connectivity index (χ1) is 16.6. The molecule has 0 unspecified atom stereocenters. The number of benzene rings is 4. The number of carbonyl (C=O) groups is 1. The molecule has 0 aliphatic carbocycles. The van der Waals surface area contributed by atoms with Crippen molar-refractivity contribution in [1.29, 1.82) is 10.5 Å². The molecule has 4 aromatic carbocycles. The van der Waals surface area contributed by atoms with Gasteiger partial charge < -0.3 is 9.47 Å². The SMILES string of the molecule is N#Cc1ccc(-c2ccc(O/C=C/C(=O)Oc3ccc(-c4ccc(C#N)cc4)cc3)cc2)cc1. The maximum atomic E-state index is 12.1. The summed E-state index contributed by atoms with van der Waals surface area (Å²) >= 11 is 0. The van der Waals surface area contributed by atoms with Crippen LogP contribution >= 0.6 is 0 Å². The summed E-state index contributed by atoms with van der Waals surface area (Å²) in [6.07, 6.45) is 2.49. The number of nitriles is 2. The van der Waals surface area contributed by atoms with Crippen LogP contribution in [0.4, 0.5) is 0 Å². The number of ether oxygens (including phenoxy) is 2. The zero-order chi connectivity index (χ0) is 23.8. The number of rotatable bonds is 6. The number of carbonyl (C=O) groups excluding carboxylic acids is 1. The van der Waals surface area contributed by atoms with Crippen molar-refractivity contribution in [3.8, 4) is 45.9 Å². The minimum absolute atomic E-state index is 0.416. The van der Waals surface area contributed by atoms with Crippen molar-refractivity contribution in [2.24, 2.45) is 0 Å². The van der Waals surface area contributed by atoms with E-state index in [1.807, 2.05) is 48.5 Å². The van der Waals surface area contributed by atoms with E-state index in [0.29, 0.717) is 22.6 Å². The largest absolute Gasteiger partial charge is 0.465 e. The van der Waals surface area contributed by atoms with Crippen LogP contribution in [0.2, 0.25) is 0 Å². The zero-order valence-electron chi connectivity index (χ0n) is 18.0. The van der Waals surface area contributed by atoms with Crippen molar-refractivity contribution in [3.63, 3.8) is 0 Å². The van der Waals surface area contributed by atoms with E-state index in [9.17, 15) is 4.79 Å². The monoisotopic (exact) mass is 442 g/mol. The number of esters is 1. The molecule has 34 heavy (non-hydrogen) atoms. The molecular formula is C29H18N2O3. The van der Waals surface area contributed by atoms with Gasteiger partial charge in [0.05, 0.1) is 35.6 Å². The molecule has 4 rings (SSSR count). The van der Waals surface area contributed by atoms with Crippen molar-refractivity contribution in [2.75, 3.05) is 0 Å². The lowest BCUT2D eigenvalue weighted by molar-refractivity contribution is -0.129. The first kappa shape index (κ1) is 22.1. The highest BCUT2D eigenvalue weighted by Crippen LogP contribution is 2.24. The fraction of sp³-hybridized carbons (Fsp3) is 0. The fourth-order valence-corrected chi connectivity index (χ4v) is 3.23. The third kappa shape index (κ3) is 5.56. The van der Waals surface area contributed by atoms with E-state index < -0.39 is 5.97 Å². The Morgan fingerprint density at radius 1 is 0.588 bits per heavy atom. The molecule has 0 fully saturated rings. The molecule has 0 aromatic heterocycles. The van der Waals surface area contributed by atoms with E-state index in [2.05, 4.69) is 12.1 Å². The molecule has 0 bridgehead atoms. The van der Waals surface area contributed by atoms with E-state index >= 15 is 0 Å². The van der Waals surface area contributed by atoms with Crippen molar-refractivity contribution in [1.82, 2.24) is 0 Å². The van der Waals surface area contributed by atoms with Crippen LogP contribution in [-0.2, 0) is 4.79 Å². The van der Waals surface area contributed by atoms with E-state index in [1.165, 1.54) is 12.3 Å². The van der Waals surface area contributed by atoms with Gasteiger partial charge in [0.2, 0.25) is 0 Å². The van der Waals surface area contributed by atoms with Gasteiger partial charge in [-0.05, 0) is 70.8 Å². The lowest BCUT2D eigenvalue weighted by Crippen LogP contribution is -2.04. The minimum Gasteiger partial charge on any atom is -0.465 e. The van der Waals surface area contributed by atoms with E-state index in [4.69, 9.17) is 20.0 Å². The molecule has 0 atom stereocenters. The standard InChI is InChI=1S/C29H18N2O3/c30-19-21-1-5-23(6-2-21)25-9-13-27(14-10-25)33-18-17-29(32)34-28-15-11-26(12-16-28)24-7-3-22(20-31)4-8-24/h1-18H/b18-17+. The summed E-state index contributed by atoms with van der Waals surface area (Å²) in [6.45, 7) is 0. The molecule has 0 saturated carbocycles. The van der Waals surface area contributed by atoms with Crippen molar-refractivity contribution in [2.45, 2.75) is 0 Å². The summed E-state index contributed by atoms with van der Waals surface area (Å²) in [5, 5.41) is 17.8. The second kappa shape index (κ2) is 10.5. The Morgan fingerprint density at radius 3 is 1.38 bits per heavy atom. The van der Waals surface area contributed by atoms with E-state index in [-0.39, 0.29) is 0 Å². The predicted molar refractivity (Wildman–Crippen MR) is 129 cm³/mol. The zero-order valence-corrected chi connectivity index (χ0v) is 18.0. The number of nitrogens with zero attached hydrogens (tertiary/aromatic N) is 2. The van der Waals surface area contributed by atoms with Crippen LogP contribution in [-0.4, -0.2) is 5.97 Å². The molecule has 0 amide bonds. The first-order valence-corrected chi connectivity index (χ1v) is 10.4. The topological polar surface area (TPSA) is 83.1 Å². The molecule has 5 heteroatoms. The highest BCUT2D eigenvalue weighted by Gasteiger charge is 2.04. The van der Waals surface area contributed by atoms with E-state index in [1.54, 1.807) is 48.5 Å². The second-order valence-corrected chi connectivity index (χ2v) is 7.27. The summed E-state index contributed by atoms with van der Waals surface area (Å²) in [5.74, 6) is 0.437. The highest BCUT2D eigenvalue weighted by atomic mass is 16.5. The van der Waals surface area contributed by atoms with Crippen LogP contribution in [0.25, 0.3) is 22.3 Å². The molecule has 0 spiro atoms. The molecule has 0 saturated heterocycles. The van der Waals surface area contributed by atoms with Crippen LogP contribution in [0.15, 0.2) is 109 Å². The smallest absolute Gasteiger partial charge is 0.339 e. The lowest BCUT2D eigenvalue weighted by atomic mass is 10.0. The molecule has 0 radical (unpaired) electrons. The predicted octanol–water partition coefficient (Wildman–Crippen LogP) is 6.26. The van der Waals surface area contributed by atoms with Crippen molar-refractivity contribution >= 4 is 5.97 Å². The van der Waals surface area contributed by atoms with Crippen LogP contribution in [0.5, 0.6) is 11.5 Å². The molecule has 162 valence electrons. The first-order valence-electron chi connectivity index (χ1n) is 10.4. The van der Waals surface area contributed by atoms with Gasteiger partial charge >= 0.3 is 5.97 Å². The third-order valence-electron chi connectivity index (χ3n) is 5.03. The maximum absolute atomic E-state index is 12.1. The van der Waals surface area contributed by atoms with Crippen LogP contribution in [0.1, 0.15) is 11.1 Å². The average Bonchev–Trinajstić information content (AvgIpc) is 2.90. The van der Waals surface area contributed by atoms with Gasteiger partial charge in [0.15, 0.2) is 0 Å². The maximum Gasteiger partial charge on any atom is 0.339 e. The summed E-state index contributed by atoms with van der Waals surface area (Å²) < 4.78 is 10.8. The number of hydrogen-bond donors (Lipinski definition) is 0. The van der Waals surface area contributed by atoms with Crippen LogP contribution in [0, 0.1) is 22.7 Å². The second-order valence-electron chi connectivity index (χ2n) is 7.27. The lowest BCUT2D eigenvalue weighted by Gasteiger charge is -2.05. The van der Waals surface area contributed by atoms with E-state index in [0.717, 1.165) is 22.3 Å².